The van der Waals surface area contributed by atoms with Crippen LogP contribution < -0.4 is 15.2 Å². The molecule has 1 aliphatic heterocycles. The predicted octanol–water partition coefficient (Wildman–Crippen LogP) is 2.28. The van der Waals surface area contributed by atoms with Gasteiger partial charge in [-0.05, 0) is 25.9 Å². The van der Waals surface area contributed by atoms with Gasteiger partial charge in [0.15, 0.2) is 11.6 Å². The van der Waals surface area contributed by atoms with Crippen molar-refractivity contribution in [1.82, 2.24) is 4.90 Å². The Morgan fingerprint density at radius 2 is 1.95 bits per heavy atom. The highest BCUT2D eigenvalue weighted by Gasteiger charge is 2.12. The number of anilines is 1. The molecule has 2 rings (SSSR count). The lowest BCUT2D eigenvalue weighted by atomic mass is 10.1. The number of likely N-dealkylation sites (tertiary alicyclic amines) is 1. The highest BCUT2D eigenvalue weighted by molar-refractivity contribution is 5.56. The third-order valence-electron chi connectivity index (χ3n) is 3.40. The second kappa shape index (κ2) is 6.61. The van der Waals surface area contributed by atoms with Crippen LogP contribution in [0.1, 0.15) is 19.3 Å². The summed E-state index contributed by atoms with van der Waals surface area (Å²) in [6.07, 6.45) is 3.79. The summed E-state index contributed by atoms with van der Waals surface area (Å²) in [6.45, 7) is 3.52. The van der Waals surface area contributed by atoms with Gasteiger partial charge in [-0.25, -0.2) is 4.39 Å². The highest BCUT2D eigenvalue weighted by Crippen LogP contribution is 2.29. The van der Waals surface area contributed by atoms with Crippen LogP contribution in [0.2, 0.25) is 0 Å². The van der Waals surface area contributed by atoms with E-state index in [0.29, 0.717) is 12.4 Å². The van der Waals surface area contributed by atoms with E-state index in [9.17, 15) is 4.39 Å². The fourth-order valence-electron chi connectivity index (χ4n) is 2.31. The van der Waals surface area contributed by atoms with Crippen LogP contribution >= 0.6 is 0 Å². The molecule has 1 saturated heterocycles. The third-order valence-corrected chi connectivity index (χ3v) is 3.40. The Labute approximate surface area is 113 Å². The van der Waals surface area contributed by atoms with Crippen LogP contribution in [0.15, 0.2) is 12.1 Å². The summed E-state index contributed by atoms with van der Waals surface area (Å²) in [5, 5.41) is 0. The standard InChI is InChI=1S/C14H21FN2O2/c1-18-14-10-13(11(15)9-12(14)16)19-8-7-17-5-3-2-4-6-17/h9-10H,2-8,16H2,1H3. The van der Waals surface area contributed by atoms with Gasteiger partial charge in [-0.1, -0.05) is 6.42 Å². The zero-order valence-corrected chi connectivity index (χ0v) is 11.3. The molecule has 0 spiro atoms. The highest BCUT2D eigenvalue weighted by atomic mass is 19.1. The van der Waals surface area contributed by atoms with E-state index in [1.807, 2.05) is 0 Å². The maximum Gasteiger partial charge on any atom is 0.167 e. The molecule has 0 aromatic heterocycles. The number of nitrogen functional groups attached to an aromatic ring is 1. The summed E-state index contributed by atoms with van der Waals surface area (Å²) in [5.74, 6) is 0.189. The molecule has 0 atom stereocenters. The molecule has 0 bridgehead atoms. The van der Waals surface area contributed by atoms with Gasteiger partial charge in [0.25, 0.3) is 0 Å². The molecule has 1 aromatic carbocycles. The SMILES string of the molecule is COc1cc(OCCN2CCCCC2)c(F)cc1N. The largest absolute Gasteiger partial charge is 0.494 e. The average molecular weight is 268 g/mol. The number of nitrogens with two attached hydrogens (primary N) is 1. The van der Waals surface area contributed by atoms with Gasteiger partial charge in [0.2, 0.25) is 0 Å². The lowest BCUT2D eigenvalue weighted by Crippen LogP contribution is -2.33. The van der Waals surface area contributed by atoms with Crippen molar-refractivity contribution >= 4 is 5.69 Å². The molecule has 1 aliphatic rings. The van der Waals surface area contributed by atoms with Crippen LogP contribution in [0.5, 0.6) is 11.5 Å². The number of hydrogen-bond donors (Lipinski definition) is 1. The number of piperidine rings is 1. The normalized spacial score (nSPS) is 16.3. The average Bonchev–Trinajstić information content (AvgIpc) is 2.42. The molecule has 4 nitrogen and oxygen atoms in total. The number of benzene rings is 1. The van der Waals surface area contributed by atoms with E-state index in [2.05, 4.69) is 4.90 Å². The lowest BCUT2D eigenvalue weighted by Gasteiger charge is -2.26. The molecular formula is C14H21FN2O2. The van der Waals surface area contributed by atoms with Crippen molar-refractivity contribution in [2.45, 2.75) is 19.3 Å². The van der Waals surface area contributed by atoms with Gasteiger partial charge >= 0.3 is 0 Å². The first kappa shape index (κ1) is 13.9. The molecule has 0 saturated carbocycles. The summed E-state index contributed by atoms with van der Waals surface area (Å²) < 4.78 is 24.2. The molecule has 1 heterocycles. The van der Waals surface area contributed by atoms with Gasteiger partial charge in [-0.3, -0.25) is 4.90 Å². The Morgan fingerprint density at radius 1 is 1.21 bits per heavy atom. The minimum absolute atomic E-state index is 0.197. The van der Waals surface area contributed by atoms with Crippen LogP contribution in [0.3, 0.4) is 0 Å². The number of nitrogens with zero attached hydrogens (tertiary/aromatic N) is 1. The summed E-state index contributed by atoms with van der Waals surface area (Å²) >= 11 is 0. The minimum atomic E-state index is -0.447. The van der Waals surface area contributed by atoms with Crippen molar-refractivity contribution in [3.8, 4) is 11.5 Å². The van der Waals surface area contributed by atoms with E-state index in [0.717, 1.165) is 19.6 Å². The van der Waals surface area contributed by atoms with Gasteiger partial charge in [-0.15, -0.1) is 0 Å². The Hall–Kier alpha value is -1.49. The zero-order valence-electron chi connectivity index (χ0n) is 11.3. The molecule has 0 unspecified atom stereocenters. The Morgan fingerprint density at radius 3 is 2.63 bits per heavy atom. The van der Waals surface area contributed by atoms with Gasteiger partial charge < -0.3 is 15.2 Å². The molecular weight excluding hydrogens is 247 g/mol. The molecule has 106 valence electrons. The van der Waals surface area contributed by atoms with E-state index in [4.69, 9.17) is 15.2 Å². The first-order chi connectivity index (χ1) is 9.20. The first-order valence-electron chi connectivity index (χ1n) is 6.69. The van der Waals surface area contributed by atoms with Crippen molar-refractivity contribution < 1.29 is 13.9 Å². The van der Waals surface area contributed by atoms with Crippen LogP contribution in [-0.4, -0.2) is 38.3 Å². The topological polar surface area (TPSA) is 47.7 Å². The quantitative estimate of drug-likeness (QED) is 0.832. The fraction of sp³-hybridized carbons (Fsp3) is 0.571. The number of methoxy groups -OCH3 is 1. The van der Waals surface area contributed by atoms with Crippen molar-refractivity contribution in [3.05, 3.63) is 17.9 Å². The van der Waals surface area contributed by atoms with Crippen LogP contribution in [0.25, 0.3) is 0 Å². The van der Waals surface area contributed by atoms with Crippen molar-refractivity contribution in [3.63, 3.8) is 0 Å². The number of halogens is 1. The molecule has 0 radical (unpaired) electrons. The summed E-state index contributed by atoms with van der Waals surface area (Å²) in [6, 6.07) is 2.73. The molecule has 0 aliphatic carbocycles. The number of ether oxygens (including phenoxy) is 2. The predicted molar refractivity (Wildman–Crippen MR) is 73.2 cm³/mol. The monoisotopic (exact) mass is 268 g/mol. The second-order valence-electron chi connectivity index (χ2n) is 4.78. The van der Waals surface area contributed by atoms with Crippen molar-refractivity contribution in [2.24, 2.45) is 0 Å². The van der Waals surface area contributed by atoms with Crippen LogP contribution in [0.4, 0.5) is 10.1 Å². The van der Waals surface area contributed by atoms with Crippen molar-refractivity contribution in [1.29, 1.82) is 0 Å². The van der Waals surface area contributed by atoms with Gasteiger partial charge in [0.05, 0.1) is 12.8 Å². The van der Waals surface area contributed by atoms with E-state index < -0.39 is 5.82 Å². The summed E-state index contributed by atoms with van der Waals surface area (Å²) in [5.41, 5.74) is 5.90. The van der Waals surface area contributed by atoms with E-state index >= 15 is 0 Å². The summed E-state index contributed by atoms with van der Waals surface area (Å²) in [4.78, 5) is 2.34. The lowest BCUT2D eigenvalue weighted by molar-refractivity contribution is 0.180. The van der Waals surface area contributed by atoms with E-state index in [-0.39, 0.29) is 11.4 Å². The maximum absolute atomic E-state index is 13.7. The first-order valence-corrected chi connectivity index (χ1v) is 6.69. The molecule has 0 amide bonds. The van der Waals surface area contributed by atoms with E-state index in [1.165, 1.54) is 38.5 Å². The maximum atomic E-state index is 13.7. The van der Waals surface area contributed by atoms with Gasteiger partial charge in [0.1, 0.15) is 12.4 Å². The van der Waals surface area contributed by atoms with Gasteiger partial charge in [-0.2, -0.15) is 0 Å². The fourth-order valence-corrected chi connectivity index (χ4v) is 2.31. The van der Waals surface area contributed by atoms with Crippen LogP contribution in [-0.2, 0) is 0 Å². The van der Waals surface area contributed by atoms with Crippen molar-refractivity contribution in [2.75, 3.05) is 39.1 Å². The molecule has 1 fully saturated rings. The third kappa shape index (κ3) is 3.73. The zero-order chi connectivity index (χ0) is 13.7. The Bertz CT molecular complexity index is 420. The minimum Gasteiger partial charge on any atom is -0.494 e. The molecule has 1 aromatic rings. The number of hydrogen-bond acceptors (Lipinski definition) is 4. The molecule has 2 N–H and O–H groups in total. The second-order valence-corrected chi connectivity index (χ2v) is 4.78. The molecule has 5 heteroatoms. The Balaban J connectivity index is 1.88. The molecule has 19 heavy (non-hydrogen) atoms. The van der Waals surface area contributed by atoms with Gasteiger partial charge in [0, 0.05) is 18.7 Å². The number of rotatable bonds is 5. The van der Waals surface area contributed by atoms with Crippen LogP contribution in [0, 0.1) is 5.82 Å². The summed E-state index contributed by atoms with van der Waals surface area (Å²) in [7, 11) is 1.50. The van der Waals surface area contributed by atoms with E-state index in [1.54, 1.807) is 0 Å². The Kier molecular flexibility index (Phi) is 4.85. The smallest absolute Gasteiger partial charge is 0.167 e.